The van der Waals surface area contributed by atoms with Gasteiger partial charge in [-0.15, -0.1) is 0 Å². The van der Waals surface area contributed by atoms with Crippen molar-refractivity contribution in [1.29, 1.82) is 0 Å². The minimum atomic E-state index is -2.62. The van der Waals surface area contributed by atoms with Crippen molar-refractivity contribution in [2.24, 2.45) is 0 Å². The van der Waals surface area contributed by atoms with Crippen LogP contribution in [0.3, 0.4) is 0 Å². The number of benzene rings is 2. The van der Waals surface area contributed by atoms with Crippen LogP contribution in [-0.4, -0.2) is 58.3 Å². The highest BCUT2D eigenvalue weighted by Crippen LogP contribution is 2.37. The zero-order chi connectivity index (χ0) is 22.6. The first kappa shape index (κ1) is 23.7. The number of nitrogens with zero attached hydrogens (tertiary/aromatic N) is 1. The van der Waals surface area contributed by atoms with Crippen LogP contribution in [0.4, 0.5) is 0 Å². The Morgan fingerprint density at radius 1 is 1.03 bits per heavy atom. The molecule has 0 unspecified atom stereocenters. The number of hydrogen-bond donors (Lipinski definition) is 0. The Labute approximate surface area is 187 Å². The highest BCUT2D eigenvalue weighted by molar-refractivity contribution is 6.99. The summed E-state index contributed by atoms with van der Waals surface area (Å²) in [7, 11) is 1.34. The molecule has 3 atom stereocenters. The van der Waals surface area contributed by atoms with E-state index in [-0.39, 0.29) is 23.2 Å². The van der Waals surface area contributed by atoms with Gasteiger partial charge in [-0.1, -0.05) is 81.4 Å². The quantitative estimate of drug-likeness (QED) is 0.488. The van der Waals surface area contributed by atoms with E-state index in [9.17, 15) is 4.79 Å². The van der Waals surface area contributed by atoms with Gasteiger partial charge in [0.05, 0.1) is 18.8 Å². The van der Waals surface area contributed by atoms with E-state index in [2.05, 4.69) is 74.2 Å². The number of esters is 1. The molecular weight excluding hydrogens is 406 g/mol. The zero-order valence-electron chi connectivity index (χ0n) is 19.5. The van der Waals surface area contributed by atoms with E-state index >= 15 is 0 Å². The third kappa shape index (κ3) is 5.09. The summed E-state index contributed by atoms with van der Waals surface area (Å²) in [5.74, 6) is -0.328. The molecule has 0 bridgehead atoms. The van der Waals surface area contributed by atoms with Crippen molar-refractivity contribution in [2.75, 3.05) is 20.7 Å². The number of ether oxygens (including phenoxy) is 2. The fraction of sp³-hybridized carbons (Fsp3) is 0.480. The summed E-state index contributed by atoms with van der Waals surface area (Å²) < 4.78 is 18.6. The van der Waals surface area contributed by atoms with E-state index in [4.69, 9.17) is 13.9 Å². The number of hydrogen-bond acceptors (Lipinski definition) is 5. The molecule has 1 saturated heterocycles. The van der Waals surface area contributed by atoms with E-state index in [1.54, 1.807) is 0 Å². The normalized spacial score (nSPS) is 22.0. The van der Waals surface area contributed by atoms with Crippen LogP contribution in [0, 0.1) is 0 Å². The molecule has 0 amide bonds. The molecule has 0 aliphatic carbocycles. The largest absolute Gasteiger partial charge is 0.434 e. The van der Waals surface area contributed by atoms with Gasteiger partial charge < -0.3 is 18.8 Å². The van der Waals surface area contributed by atoms with Gasteiger partial charge in [0.15, 0.2) is 0 Å². The highest BCUT2D eigenvalue weighted by Gasteiger charge is 2.51. The summed E-state index contributed by atoms with van der Waals surface area (Å²) in [5, 5.41) is 2.39. The minimum absolute atomic E-state index is 0.0108. The van der Waals surface area contributed by atoms with Crippen LogP contribution < -0.4 is 10.4 Å². The van der Waals surface area contributed by atoms with Crippen LogP contribution in [-0.2, 0) is 18.7 Å². The Morgan fingerprint density at radius 3 is 1.97 bits per heavy atom. The van der Waals surface area contributed by atoms with Crippen molar-refractivity contribution in [2.45, 2.75) is 57.6 Å². The molecule has 0 spiro atoms. The van der Waals surface area contributed by atoms with Crippen molar-refractivity contribution in [1.82, 2.24) is 4.90 Å². The van der Waals surface area contributed by atoms with Crippen molar-refractivity contribution in [3.05, 3.63) is 60.7 Å². The van der Waals surface area contributed by atoms with Crippen LogP contribution in [0.1, 0.15) is 34.1 Å². The van der Waals surface area contributed by atoms with Gasteiger partial charge in [-0.05, 0) is 35.9 Å². The summed E-state index contributed by atoms with van der Waals surface area (Å²) >= 11 is 0. The first-order valence-corrected chi connectivity index (χ1v) is 12.8. The molecular formula is C25H35NO4Si. The zero-order valence-corrected chi connectivity index (χ0v) is 20.5. The minimum Gasteiger partial charge on any atom is -0.434 e. The van der Waals surface area contributed by atoms with Gasteiger partial charge >= 0.3 is 5.97 Å². The van der Waals surface area contributed by atoms with Crippen LogP contribution in [0.5, 0.6) is 0 Å². The Bertz CT molecular complexity index is 811. The Hall–Kier alpha value is -1.99. The number of carbonyl (C=O) groups excluding carboxylic acids is 1. The monoisotopic (exact) mass is 441 g/mol. The van der Waals surface area contributed by atoms with Crippen molar-refractivity contribution in [3.63, 3.8) is 0 Å². The van der Waals surface area contributed by atoms with E-state index in [0.29, 0.717) is 6.61 Å². The number of carbonyl (C=O) groups is 1. The average Bonchev–Trinajstić information content (AvgIpc) is 3.11. The Morgan fingerprint density at radius 2 is 1.55 bits per heavy atom. The van der Waals surface area contributed by atoms with E-state index in [0.717, 1.165) is 6.42 Å². The molecule has 2 aromatic rings. The van der Waals surface area contributed by atoms with Gasteiger partial charge in [0.2, 0.25) is 6.29 Å². The SMILES string of the molecule is CC(=O)O[C@H]1O[C@@H](CO[Si](c2ccccc2)(c2ccccc2)C(C)(C)C)C[C@@H]1N(C)C. The van der Waals surface area contributed by atoms with Crippen LogP contribution >= 0.6 is 0 Å². The summed E-state index contributed by atoms with van der Waals surface area (Å²) in [6.07, 6.45) is 0.0435. The maximum Gasteiger partial charge on any atom is 0.304 e. The molecule has 6 heteroatoms. The van der Waals surface area contributed by atoms with Crippen LogP contribution in [0.25, 0.3) is 0 Å². The lowest BCUT2D eigenvalue weighted by atomic mass is 10.1. The molecule has 0 N–H and O–H groups in total. The molecule has 168 valence electrons. The van der Waals surface area contributed by atoms with Crippen molar-refractivity contribution >= 4 is 24.7 Å². The van der Waals surface area contributed by atoms with E-state index in [1.165, 1.54) is 17.3 Å². The summed E-state index contributed by atoms with van der Waals surface area (Å²) in [6.45, 7) is 8.66. The smallest absolute Gasteiger partial charge is 0.304 e. The molecule has 2 aromatic carbocycles. The standard InChI is InChI=1S/C25H35NO4Si/c1-19(27)29-24-23(26(5)6)17-20(30-24)18-28-31(25(2,3)4,21-13-9-7-10-14-21)22-15-11-8-12-16-22/h7-16,20,23-24H,17-18H2,1-6H3/t20-,23+,24+/m1/s1. The molecule has 3 rings (SSSR count). The predicted octanol–water partition coefficient (Wildman–Crippen LogP) is 3.17. The molecule has 1 heterocycles. The lowest BCUT2D eigenvalue weighted by Gasteiger charge is -2.43. The van der Waals surface area contributed by atoms with Crippen LogP contribution in [0.15, 0.2) is 60.7 Å². The fourth-order valence-electron chi connectivity index (χ4n) is 4.53. The second-order valence-electron chi connectivity index (χ2n) is 9.48. The second-order valence-corrected chi connectivity index (χ2v) is 13.8. The number of likely N-dealkylation sites (N-methyl/N-ethyl adjacent to an activating group) is 1. The lowest BCUT2D eigenvalue weighted by Crippen LogP contribution is -2.67. The third-order valence-corrected chi connectivity index (χ3v) is 11.0. The molecule has 1 aliphatic heterocycles. The van der Waals surface area contributed by atoms with Crippen LogP contribution in [0.2, 0.25) is 5.04 Å². The molecule has 1 fully saturated rings. The van der Waals surface area contributed by atoms with E-state index in [1.807, 2.05) is 26.2 Å². The van der Waals surface area contributed by atoms with Gasteiger partial charge in [0.25, 0.3) is 8.32 Å². The lowest BCUT2D eigenvalue weighted by molar-refractivity contribution is -0.181. The summed E-state index contributed by atoms with van der Waals surface area (Å²) in [6, 6.07) is 21.2. The van der Waals surface area contributed by atoms with Crippen molar-refractivity contribution in [3.8, 4) is 0 Å². The molecule has 1 aliphatic rings. The maximum atomic E-state index is 11.5. The second kappa shape index (κ2) is 9.65. The average molecular weight is 442 g/mol. The first-order chi connectivity index (χ1) is 14.6. The Kier molecular flexibility index (Phi) is 7.37. The van der Waals surface area contributed by atoms with Gasteiger partial charge in [-0.3, -0.25) is 4.79 Å². The third-order valence-electron chi connectivity index (χ3n) is 5.99. The summed E-state index contributed by atoms with van der Waals surface area (Å²) in [4.78, 5) is 13.6. The number of rotatable bonds is 7. The molecule has 5 nitrogen and oxygen atoms in total. The van der Waals surface area contributed by atoms with Gasteiger partial charge in [0, 0.05) is 6.92 Å². The van der Waals surface area contributed by atoms with Gasteiger partial charge in [-0.25, -0.2) is 0 Å². The topological polar surface area (TPSA) is 48.0 Å². The maximum absolute atomic E-state index is 11.5. The predicted molar refractivity (Wildman–Crippen MR) is 126 cm³/mol. The summed E-state index contributed by atoms with van der Waals surface area (Å²) in [5.41, 5.74) is 0. The van der Waals surface area contributed by atoms with Gasteiger partial charge in [0.1, 0.15) is 0 Å². The van der Waals surface area contributed by atoms with E-state index < -0.39 is 14.6 Å². The molecule has 0 radical (unpaired) electrons. The molecule has 0 aromatic heterocycles. The molecule has 31 heavy (non-hydrogen) atoms. The van der Waals surface area contributed by atoms with Crippen molar-refractivity contribution < 1.29 is 18.7 Å². The molecule has 0 saturated carbocycles. The fourth-order valence-corrected chi connectivity index (χ4v) is 9.12. The van der Waals surface area contributed by atoms with Gasteiger partial charge in [-0.2, -0.15) is 0 Å². The highest BCUT2D eigenvalue weighted by atomic mass is 28.4. The first-order valence-electron chi connectivity index (χ1n) is 10.9. The Balaban J connectivity index is 1.92.